The van der Waals surface area contributed by atoms with E-state index in [1.165, 1.54) is 7.11 Å². The van der Waals surface area contributed by atoms with Gasteiger partial charge in [-0.2, -0.15) is 5.26 Å². The van der Waals surface area contributed by atoms with Gasteiger partial charge in [-0.3, -0.25) is 4.79 Å². The monoisotopic (exact) mass is 237 g/mol. The zero-order valence-electron chi connectivity index (χ0n) is 9.21. The number of nitrogens with zero attached hydrogens (tertiary/aromatic N) is 1. The second-order valence-corrected chi connectivity index (χ2v) is 3.72. The van der Waals surface area contributed by atoms with Crippen LogP contribution in [-0.2, 0) is 21.8 Å². The third kappa shape index (κ3) is 2.74. The third-order valence-corrected chi connectivity index (χ3v) is 2.57. The number of methoxy groups -OCH3 is 1. The molecule has 1 aromatic rings. The van der Waals surface area contributed by atoms with Gasteiger partial charge in [0, 0.05) is 5.88 Å². The summed E-state index contributed by atoms with van der Waals surface area (Å²) in [4.78, 5) is 11.2. The summed E-state index contributed by atoms with van der Waals surface area (Å²) in [7, 11) is 1.34. The van der Waals surface area contributed by atoms with Crippen LogP contribution in [0, 0.1) is 18.3 Å². The highest BCUT2D eigenvalue weighted by Crippen LogP contribution is 2.20. The number of nitriles is 1. The van der Waals surface area contributed by atoms with Crippen molar-refractivity contribution >= 4 is 17.6 Å². The van der Waals surface area contributed by atoms with Gasteiger partial charge in [0.1, 0.15) is 0 Å². The Labute approximate surface area is 99.6 Å². The van der Waals surface area contributed by atoms with E-state index in [1.807, 2.05) is 13.0 Å². The van der Waals surface area contributed by atoms with Gasteiger partial charge in [0.15, 0.2) is 0 Å². The first-order valence-electron chi connectivity index (χ1n) is 4.77. The summed E-state index contributed by atoms with van der Waals surface area (Å²) < 4.78 is 4.60. The maximum atomic E-state index is 11.2. The zero-order valence-corrected chi connectivity index (χ0v) is 9.97. The molecule has 0 aliphatic rings. The van der Waals surface area contributed by atoms with Crippen molar-refractivity contribution in [3.8, 4) is 6.07 Å². The van der Waals surface area contributed by atoms with E-state index in [0.29, 0.717) is 11.1 Å². The molecule has 3 nitrogen and oxygen atoms in total. The van der Waals surface area contributed by atoms with Gasteiger partial charge in [0.05, 0.1) is 25.2 Å². The van der Waals surface area contributed by atoms with Crippen molar-refractivity contribution in [1.82, 2.24) is 0 Å². The Bertz CT molecular complexity index is 449. The SMILES string of the molecule is COC(=O)Cc1cc(C)cc(C#N)c1CCl. The number of carbonyl (C=O) groups is 1. The number of benzene rings is 1. The molecule has 1 rings (SSSR count). The van der Waals surface area contributed by atoms with Crippen LogP contribution in [0.1, 0.15) is 22.3 Å². The zero-order chi connectivity index (χ0) is 12.1. The molecule has 0 radical (unpaired) electrons. The van der Waals surface area contributed by atoms with Crippen LogP contribution in [0.5, 0.6) is 0 Å². The fourth-order valence-corrected chi connectivity index (χ4v) is 1.85. The molecule has 16 heavy (non-hydrogen) atoms. The average Bonchev–Trinajstić information content (AvgIpc) is 2.28. The molecule has 4 heteroatoms. The number of alkyl halides is 1. The second-order valence-electron chi connectivity index (χ2n) is 3.45. The van der Waals surface area contributed by atoms with Crippen LogP contribution < -0.4 is 0 Å². The van der Waals surface area contributed by atoms with Crippen molar-refractivity contribution in [3.05, 3.63) is 34.4 Å². The molecule has 0 fully saturated rings. The Hall–Kier alpha value is -1.53. The van der Waals surface area contributed by atoms with Gasteiger partial charge < -0.3 is 4.74 Å². The van der Waals surface area contributed by atoms with Crippen LogP contribution in [-0.4, -0.2) is 13.1 Å². The van der Waals surface area contributed by atoms with Gasteiger partial charge in [-0.1, -0.05) is 6.07 Å². The van der Waals surface area contributed by atoms with E-state index in [0.717, 1.165) is 11.1 Å². The third-order valence-electron chi connectivity index (χ3n) is 2.30. The fraction of sp³-hybridized carbons (Fsp3) is 0.333. The van der Waals surface area contributed by atoms with Gasteiger partial charge >= 0.3 is 5.97 Å². The number of rotatable bonds is 3. The molecule has 0 saturated carbocycles. The predicted octanol–water partition coefficient (Wildman–Crippen LogP) is 2.32. The van der Waals surface area contributed by atoms with Crippen molar-refractivity contribution in [3.63, 3.8) is 0 Å². The standard InChI is InChI=1S/C12H12ClNO2/c1-8-3-9(5-12(15)16-2)11(6-13)10(4-8)7-14/h3-4H,5-6H2,1-2H3. The quantitative estimate of drug-likeness (QED) is 0.599. The van der Waals surface area contributed by atoms with E-state index in [2.05, 4.69) is 10.8 Å². The predicted molar refractivity (Wildman–Crippen MR) is 61.2 cm³/mol. The molecule has 0 aliphatic carbocycles. The van der Waals surface area contributed by atoms with E-state index < -0.39 is 0 Å². The molecule has 0 amide bonds. The normalized spacial score (nSPS) is 9.62. The lowest BCUT2D eigenvalue weighted by Crippen LogP contribution is -2.08. The largest absolute Gasteiger partial charge is 0.469 e. The molecule has 0 atom stereocenters. The van der Waals surface area contributed by atoms with Gasteiger partial charge in [-0.15, -0.1) is 11.6 Å². The van der Waals surface area contributed by atoms with E-state index in [-0.39, 0.29) is 18.3 Å². The van der Waals surface area contributed by atoms with Crippen molar-refractivity contribution < 1.29 is 9.53 Å². The van der Waals surface area contributed by atoms with E-state index >= 15 is 0 Å². The fourth-order valence-electron chi connectivity index (χ4n) is 1.53. The van der Waals surface area contributed by atoms with Crippen LogP contribution in [0.15, 0.2) is 12.1 Å². The van der Waals surface area contributed by atoms with Gasteiger partial charge in [-0.05, 0) is 29.7 Å². The summed E-state index contributed by atoms with van der Waals surface area (Å²) in [5.41, 5.74) is 2.93. The van der Waals surface area contributed by atoms with E-state index in [4.69, 9.17) is 16.9 Å². The number of hydrogen-bond acceptors (Lipinski definition) is 3. The van der Waals surface area contributed by atoms with Crippen molar-refractivity contribution in [1.29, 1.82) is 5.26 Å². The van der Waals surface area contributed by atoms with Crippen molar-refractivity contribution in [2.45, 2.75) is 19.2 Å². The van der Waals surface area contributed by atoms with E-state index in [9.17, 15) is 4.79 Å². The highest BCUT2D eigenvalue weighted by Gasteiger charge is 2.12. The van der Waals surface area contributed by atoms with Crippen molar-refractivity contribution in [2.75, 3.05) is 7.11 Å². The molecule has 0 saturated heterocycles. The molecule has 0 aliphatic heterocycles. The maximum Gasteiger partial charge on any atom is 0.309 e. The first-order valence-corrected chi connectivity index (χ1v) is 5.31. The van der Waals surface area contributed by atoms with Crippen molar-refractivity contribution in [2.24, 2.45) is 0 Å². The first-order chi connectivity index (χ1) is 7.62. The summed E-state index contributed by atoms with van der Waals surface area (Å²) in [5.74, 6) is -0.115. The molecular formula is C12H12ClNO2. The Morgan fingerprint density at radius 2 is 2.25 bits per heavy atom. The summed E-state index contributed by atoms with van der Waals surface area (Å²) in [6.07, 6.45) is 0.148. The summed E-state index contributed by atoms with van der Waals surface area (Å²) in [6.45, 7) is 1.87. The number of esters is 1. The summed E-state index contributed by atoms with van der Waals surface area (Å²) in [5, 5.41) is 8.96. The van der Waals surface area contributed by atoms with E-state index in [1.54, 1.807) is 6.07 Å². The Morgan fingerprint density at radius 3 is 2.75 bits per heavy atom. The molecule has 0 spiro atoms. The molecule has 0 aromatic heterocycles. The molecule has 0 bridgehead atoms. The summed E-state index contributed by atoms with van der Waals surface area (Å²) >= 11 is 5.79. The van der Waals surface area contributed by atoms with Gasteiger partial charge in [-0.25, -0.2) is 0 Å². The topological polar surface area (TPSA) is 50.1 Å². The first kappa shape index (κ1) is 12.5. The highest BCUT2D eigenvalue weighted by molar-refractivity contribution is 6.17. The lowest BCUT2D eigenvalue weighted by Gasteiger charge is -2.09. The Morgan fingerprint density at radius 1 is 1.56 bits per heavy atom. The van der Waals surface area contributed by atoms with Crippen LogP contribution in [0.2, 0.25) is 0 Å². The number of hydrogen-bond donors (Lipinski definition) is 0. The molecular weight excluding hydrogens is 226 g/mol. The van der Waals surface area contributed by atoms with Crippen LogP contribution in [0.4, 0.5) is 0 Å². The smallest absolute Gasteiger partial charge is 0.309 e. The number of aryl methyl sites for hydroxylation is 1. The molecule has 1 aromatic carbocycles. The Balaban J connectivity index is 3.21. The van der Waals surface area contributed by atoms with Crippen LogP contribution in [0.25, 0.3) is 0 Å². The van der Waals surface area contributed by atoms with Gasteiger partial charge in [0.25, 0.3) is 0 Å². The molecule has 0 heterocycles. The maximum absolute atomic E-state index is 11.2. The van der Waals surface area contributed by atoms with Crippen LogP contribution >= 0.6 is 11.6 Å². The number of ether oxygens (including phenoxy) is 1. The number of carbonyl (C=O) groups excluding carboxylic acids is 1. The average molecular weight is 238 g/mol. The summed E-state index contributed by atoms with van der Waals surface area (Å²) in [6, 6.07) is 5.70. The minimum atomic E-state index is -0.333. The molecule has 0 unspecified atom stereocenters. The number of halogens is 1. The lowest BCUT2D eigenvalue weighted by atomic mass is 9.98. The van der Waals surface area contributed by atoms with Gasteiger partial charge in [0.2, 0.25) is 0 Å². The highest BCUT2D eigenvalue weighted by atomic mass is 35.5. The second kappa shape index (κ2) is 5.53. The molecule has 84 valence electrons. The Kier molecular flexibility index (Phi) is 4.33. The molecule has 0 N–H and O–H groups in total. The van der Waals surface area contributed by atoms with Crippen LogP contribution in [0.3, 0.4) is 0 Å². The minimum Gasteiger partial charge on any atom is -0.469 e. The lowest BCUT2D eigenvalue weighted by molar-refractivity contribution is -0.139. The minimum absolute atomic E-state index is 0.148.